The number of hydrogen-bond donors (Lipinski definition) is 2. The third-order valence-electron chi connectivity index (χ3n) is 4.31. The molecular weight excluding hydrogens is 266 g/mol. The Balaban J connectivity index is 1.83. The number of benzene rings is 1. The van der Waals surface area contributed by atoms with E-state index in [9.17, 15) is 9.90 Å². The molecule has 116 valence electrons. The standard InChI is InChI=1S/C17H25NO3/c1-14(21-15-8-4-2-5-9-15)16(20)18-12-17(13-19)10-6-3-7-11-17/h2,4-5,8-9,14,19H,3,6-7,10-13H2,1H3,(H,18,20). The van der Waals surface area contributed by atoms with Gasteiger partial charge in [0.05, 0.1) is 6.61 Å². The normalized spacial score (nSPS) is 18.8. The average Bonchev–Trinajstić information content (AvgIpc) is 2.54. The first kappa shape index (κ1) is 15.8. The van der Waals surface area contributed by atoms with Crippen molar-refractivity contribution in [2.75, 3.05) is 13.2 Å². The van der Waals surface area contributed by atoms with E-state index in [0.29, 0.717) is 12.3 Å². The van der Waals surface area contributed by atoms with Crippen LogP contribution in [0.3, 0.4) is 0 Å². The molecule has 1 fully saturated rings. The van der Waals surface area contributed by atoms with E-state index in [4.69, 9.17) is 4.74 Å². The fourth-order valence-electron chi connectivity index (χ4n) is 2.87. The quantitative estimate of drug-likeness (QED) is 0.846. The van der Waals surface area contributed by atoms with Gasteiger partial charge >= 0.3 is 0 Å². The molecule has 1 aliphatic carbocycles. The minimum absolute atomic E-state index is 0.128. The van der Waals surface area contributed by atoms with Crippen molar-refractivity contribution in [3.8, 4) is 5.75 Å². The van der Waals surface area contributed by atoms with Crippen LogP contribution in [0.1, 0.15) is 39.0 Å². The van der Waals surface area contributed by atoms with Gasteiger partial charge in [0, 0.05) is 12.0 Å². The second-order valence-corrected chi connectivity index (χ2v) is 6.01. The van der Waals surface area contributed by atoms with Crippen LogP contribution in [0.25, 0.3) is 0 Å². The van der Waals surface area contributed by atoms with Gasteiger partial charge < -0.3 is 15.2 Å². The van der Waals surface area contributed by atoms with Gasteiger partial charge in [-0.2, -0.15) is 0 Å². The van der Waals surface area contributed by atoms with E-state index in [1.165, 1.54) is 6.42 Å². The Morgan fingerprint density at radius 2 is 1.95 bits per heavy atom. The van der Waals surface area contributed by atoms with Gasteiger partial charge in [-0.15, -0.1) is 0 Å². The summed E-state index contributed by atoms with van der Waals surface area (Å²) >= 11 is 0. The van der Waals surface area contributed by atoms with Crippen molar-refractivity contribution in [3.63, 3.8) is 0 Å². The Morgan fingerprint density at radius 1 is 1.29 bits per heavy atom. The molecule has 0 spiro atoms. The maximum absolute atomic E-state index is 12.1. The van der Waals surface area contributed by atoms with Crippen LogP contribution in [-0.4, -0.2) is 30.3 Å². The maximum atomic E-state index is 12.1. The molecule has 21 heavy (non-hydrogen) atoms. The van der Waals surface area contributed by atoms with Gasteiger partial charge in [0.2, 0.25) is 0 Å². The van der Waals surface area contributed by atoms with Crippen molar-refractivity contribution in [1.29, 1.82) is 0 Å². The summed E-state index contributed by atoms with van der Waals surface area (Å²) in [5.74, 6) is 0.562. The molecule has 0 saturated heterocycles. The van der Waals surface area contributed by atoms with E-state index >= 15 is 0 Å². The zero-order chi connectivity index (χ0) is 15.1. The molecule has 2 N–H and O–H groups in total. The Bertz CT molecular complexity index is 441. The van der Waals surface area contributed by atoms with Crippen LogP contribution in [0, 0.1) is 5.41 Å². The smallest absolute Gasteiger partial charge is 0.260 e. The molecule has 1 aromatic rings. The van der Waals surface area contributed by atoms with Crippen molar-refractivity contribution >= 4 is 5.91 Å². The van der Waals surface area contributed by atoms with Gasteiger partial charge in [-0.3, -0.25) is 4.79 Å². The first-order valence-electron chi connectivity index (χ1n) is 7.75. The second-order valence-electron chi connectivity index (χ2n) is 6.01. The minimum atomic E-state index is -0.535. The fourth-order valence-corrected chi connectivity index (χ4v) is 2.87. The van der Waals surface area contributed by atoms with Crippen molar-refractivity contribution < 1.29 is 14.6 Å². The predicted molar refractivity (Wildman–Crippen MR) is 82.1 cm³/mol. The maximum Gasteiger partial charge on any atom is 0.260 e. The topological polar surface area (TPSA) is 58.6 Å². The van der Waals surface area contributed by atoms with Crippen molar-refractivity contribution in [2.45, 2.75) is 45.1 Å². The molecule has 0 aromatic heterocycles. The van der Waals surface area contributed by atoms with Gasteiger partial charge in [0.15, 0.2) is 6.10 Å². The second kappa shape index (κ2) is 7.46. The van der Waals surface area contributed by atoms with Gasteiger partial charge in [-0.25, -0.2) is 0 Å². The molecule has 0 aliphatic heterocycles. The average molecular weight is 291 g/mol. The summed E-state index contributed by atoms with van der Waals surface area (Å²) in [4.78, 5) is 12.1. The lowest BCUT2D eigenvalue weighted by Crippen LogP contribution is -2.45. The van der Waals surface area contributed by atoms with Gasteiger partial charge in [-0.1, -0.05) is 37.5 Å². The highest BCUT2D eigenvalue weighted by Gasteiger charge is 2.32. The van der Waals surface area contributed by atoms with Crippen LogP contribution in [0.5, 0.6) is 5.75 Å². The Kier molecular flexibility index (Phi) is 5.62. The molecule has 1 aliphatic rings. The van der Waals surface area contributed by atoms with Gasteiger partial charge in [-0.05, 0) is 31.9 Å². The summed E-state index contributed by atoms with van der Waals surface area (Å²) in [6.07, 6.45) is 4.92. The van der Waals surface area contributed by atoms with Crippen LogP contribution in [0.15, 0.2) is 30.3 Å². The number of aliphatic hydroxyl groups excluding tert-OH is 1. The summed E-state index contributed by atoms with van der Waals surface area (Å²) in [5, 5.41) is 12.6. The van der Waals surface area contributed by atoms with E-state index in [1.807, 2.05) is 30.3 Å². The fraction of sp³-hybridized carbons (Fsp3) is 0.588. The summed E-state index contributed by atoms with van der Waals surface area (Å²) in [5.41, 5.74) is -0.139. The zero-order valence-electron chi connectivity index (χ0n) is 12.7. The van der Waals surface area contributed by atoms with Crippen molar-refractivity contribution in [2.24, 2.45) is 5.41 Å². The number of hydrogen-bond acceptors (Lipinski definition) is 3. The predicted octanol–water partition coefficient (Wildman–Crippen LogP) is 2.51. The first-order chi connectivity index (χ1) is 10.2. The van der Waals surface area contributed by atoms with Crippen LogP contribution in [0.4, 0.5) is 0 Å². The highest BCUT2D eigenvalue weighted by molar-refractivity contribution is 5.80. The van der Waals surface area contributed by atoms with Gasteiger partial charge in [0.1, 0.15) is 5.75 Å². The number of carbonyl (C=O) groups is 1. The van der Waals surface area contributed by atoms with E-state index in [2.05, 4.69) is 5.32 Å². The largest absolute Gasteiger partial charge is 0.481 e. The zero-order valence-corrected chi connectivity index (χ0v) is 12.7. The van der Waals surface area contributed by atoms with E-state index in [0.717, 1.165) is 25.7 Å². The SMILES string of the molecule is CC(Oc1ccccc1)C(=O)NCC1(CO)CCCCC1. The summed E-state index contributed by atoms with van der Waals surface area (Å²) in [7, 11) is 0. The van der Waals surface area contributed by atoms with Crippen LogP contribution >= 0.6 is 0 Å². The molecule has 1 unspecified atom stereocenters. The monoisotopic (exact) mass is 291 g/mol. The minimum Gasteiger partial charge on any atom is -0.481 e. The van der Waals surface area contributed by atoms with E-state index < -0.39 is 6.10 Å². The molecule has 4 nitrogen and oxygen atoms in total. The molecule has 0 radical (unpaired) electrons. The van der Waals surface area contributed by atoms with E-state index in [1.54, 1.807) is 6.92 Å². The third-order valence-corrected chi connectivity index (χ3v) is 4.31. The molecule has 1 amide bonds. The molecule has 1 saturated carbocycles. The Labute approximate surface area is 126 Å². The molecule has 0 heterocycles. The van der Waals surface area contributed by atoms with Crippen LogP contribution < -0.4 is 10.1 Å². The number of carbonyl (C=O) groups excluding carboxylic acids is 1. The molecule has 2 rings (SSSR count). The number of aliphatic hydroxyl groups is 1. The summed E-state index contributed by atoms with van der Waals surface area (Å²) in [6, 6.07) is 9.33. The van der Waals surface area contributed by atoms with Gasteiger partial charge in [0.25, 0.3) is 5.91 Å². The van der Waals surface area contributed by atoms with E-state index in [-0.39, 0.29) is 17.9 Å². The summed E-state index contributed by atoms with van der Waals surface area (Å²) < 4.78 is 5.61. The lowest BCUT2D eigenvalue weighted by Gasteiger charge is -2.35. The third kappa shape index (κ3) is 4.46. The van der Waals surface area contributed by atoms with Crippen LogP contribution in [-0.2, 0) is 4.79 Å². The number of amides is 1. The molecule has 0 bridgehead atoms. The highest BCUT2D eigenvalue weighted by Crippen LogP contribution is 2.35. The number of para-hydroxylation sites is 1. The lowest BCUT2D eigenvalue weighted by atomic mass is 9.74. The first-order valence-corrected chi connectivity index (χ1v) is 7.75. The number of rotatable bonds is 6. The molecular formula is C17H25NO3. The van der Waals surface area contributed by atoms with Crippen molar-refractivity contribution in [1.82, 2.24) is 5.32 Å². The number of ether oxygens (including phenoxy) is 1. The Morgan fingerprint density at radius 3 is 2.57 bits per heavy atom. The number of nitrogens with one attached hydrogen (secondary N) is 1. The summed E-state index contributed by atoms with van der Waals surface area (Å²) in [6.45, 7) is 2.42. The molecule has 1 aromatic carbocycles. The molecule has 1 atom stereocenters. The lowest BCUT2D eigenvalue weighted by molar-refractivity contribution is -0.128. The Hall–Kier alpha value is -1.55. The van der Waals surface area contributed by atoms with Crippen LogP contribution in [0.2, 0.25) is 0 Å². The highest BCUT2D eigenvalue weighted by atomic mass is 16.5. The molecule has 4 heteroatoms. The van der Waals surface area contributed by atoms with Crippen molar-refractivity contribution in [3.05, 3.63) is 30.3 Å².